The number of rotatable bonds is 3. The highest BCUT2D eigenvalue weighted by Gasteiger charge is 2.48. The Kier molecular flexibility index (Phi) is 4.21. The van der Waals surface area contributed by atoms with E-state index in [1.807, 2.05) is 17.9 Å². The van der Waals surface area contributed by atoms with E-state index in [2.05, 4.69) is 15.3 Å². The third-order valence-electron chi connectivity index (χ3n) is 7.48. The van der Waals surface area contributed by atoms with Crippen LogP contribution in [-0.2, 0) is 7.05 Å². The smallest absolute Gasteiger partial charge is 0.256 e. The van der Waals surface area contributed by atoms with Gasteiger partial charge < -0.3 is 10.2 Å². The first-order chi connectivity index (χ1) is 12.7. The molecule has 1 aliphatic heterocycles. The normalized spacial score (nSPS) is 36.2. The number of hydrogen-bond acceptors (Lipinski definition) is 3. The number of anilines is 1. The molecule has 5 nitrogen and oxygen atoms in total. The Morgan fingerprint density at radius 3 is 2.23 bits per heavy atom. The molecule has 0 radical (unpaired) electrons. The molecule has 1 N–H and O–H groups in total. The minimum Gasteiger partial charge on any atom is -0.354 e. The molecule has 2 heterocycles. The third kappa shape index (κ3) is 2.93. The molecule has 1 aromatic heterocycles. The lowest BCUT2D eigenvalue weighted by molar-refractivity contribution is -0.0119. The lowest BCUT2D eigenvalue weighted by Gasteiger charge is -2.54. The maximum atomic E-state index is 13.2. The van der Waals surface area contributed by atoms with Crippen LogP contribution in [-0.4, -0.2) is 34.8 Å². The molecule has 0 aromatic carbocycles. The van der Waals surface area contributed by atoms with Crippen molar-refractivity contribution >= 4 is 11.7 Å². The van der Waals surface area contributed by atoms with Gasteiger partial charge in [-0.05, 0) is 68.6 Å². The monoisotopic (exact) mass is 356 g/mol. The fourth-order valence-corrected chi connectivity index (χ4v) is 6.54. The summed E-state index contributed by atoms with van der Waals surface area (Å²) in [6, 6.07) is 0.396. The molecule has 26 heavy (non-hydrogen) atoms. The number of carbonyl (C=O) groups excluding carboxylic acids is 1. The molecule has 5 heteroatoms. The molecule has 6 rings (SSSR count). The van der Waals surface area contributed by atoms with Crippen LogP contribution in [0.15, 0.2) is 6.20 Å². The van der Waals surface area contributed by atoms with Crippen LogP contribution in [0.2, 0.25) is 0 Å². The van der Waals surface area contributed by atoms with E-state index in [9.17, 15) is 4.79 Å². The molecular formula is C21H32N4O. The molecule has 4 bridgehead atoms. The van der Waals surface area contributed by atoms with Gasteiger partial charge in [0, 0.05) is 32.4 Å². The van der Waals surface area contributed by atoms with Crippen molar-refractivity contribution in [1.29, 1.82) is 0 Å². The summed E-state index contributed by atoms with van der Waals surface area (Å²) in [6.07, 6.45) is 13.7. The second-order valence-electron chi connectivity index (χ2n) is 9.37. The summed E-state index contributed by atoms with van der Waals surface area (Å²) in [7, 11) is 1.93. The number of amides is 1. The van der Waals surface area contributed by atoms with Gasteiger partial charge in [-0.15, -0.1) is 0 Å². The van der Waals surface area contributed by atoms with Gasteiger partial charge in [-0.2, -0.15) is 5.10 Å². The molecule has 5 aliphatic rings. The van der Waals surface area contributed by atoms with E-state index in [4.69, 9.17) is 0 Å². The maximum absolute atomic E-state index is 13.2. The molecule has 1 amide bonds. The maximum Gasteiger partial charge on any atom is 0.256 e. The zero-order valence-electron chi connectivity index (χ0n) is 16.0. The largest absolute Gasteiger partial charge is 0.354 e. The van der Waals surface area contributed by atoms with Crippen LogP contribution in [0.4, 0.5) is 5.82 Å². The number of aromatic nitrogens is 2. The summed E-state index contributed by atoms with van der Waals surface area (Å²) in [4.78, 5) is 15.5. The van der Waals surface area contributed by atoms with Crippen molar-refractivity contribution in [2.45, 2.75) is 63.8 Å². The van der Waals surface area contributed by atoms with E-state index >= 15 is 0 Å². The predicted octanol–water partition coefficient (Wildman–Crippen LogP) is 3.36. The lowest BCUT2D eigenvalue weighted by Crippen LogP contribution is -2.55. The number of aryl methyl sites for hydroxylation is 1. The SMILES string of the molecule is Cn1cc(C(=O)NC2C3CC4CC(C3)CC2C4)c(N2CCCCCC2)n1. The number of carbonyl (C=O) groups is 1. The Hall–Kier alpha value is -1.52. The van der Waals surface area contributed by atoms with Crippen LogP contribution in [0, 0.1) is 23.7 Å². The van der Waals surface area contributed by atoms with Gasteiger partial charge >= 0.3 is 0 Å². The molecule has 1 aromatic rings. The summed E-state index contributed by atoms with van der Waals surface area (Å²) < 4.78 is 1.81. The summed E-state index contributed by atoms with van der Waals surface area (Å²) in [5, 5.41) is 8.13. The van der Waals surface area contributed by atoms with Crippen LogP contribution in [0.3, 0.4) is 0 Å². The number of nitrogens with one attached hydrogen (secondary N) is 1. The first kappa shape index (κ1) is 16.6. The van der Waals surface area contributed by atoms with Crippen molar-refractivity contribution in [3.05, 3.63) is 11.8 Å². The minimum atomic E-state index is 0.106. The molecule has 0 unspecified atom stereocenters. The Bertz CT molecular complexity index is 646. The van der Waals surface area contributed by atoms with Crippen LogP contribution < -0.4 is 10.2 Å². The van der Waals surface area contributed by atoms with E-state index in [-0.39, 0.29) is 5.91 Å². The lowest BCUT2D eigenvalue weighted by atomic mass is 9.54. The zero-order chi connectivity index (χ0) is 17.7. The summed E-state index contributed by atoms with van der Waals surface area (Å²) in [5.41, 5.74) is 0.781. The van der Waals surface area contributed by atoms with Crippen LogP contribution in [0.25, 0.3) is 0 Å². The van der Waals surface area contributed by atoms with Crippen molar-refractivity contribution in [3.8, 4) is 0 Å². The average molecular weight is 357 g/mol. The molecule has 4 saturated carbocycles. The predicted molar refractivity (Wildman–Crippen MR) is 102 cm³/mol. The highest BCUT2D eigenvalue weighted by atomic mass is 16.1. The Morgan fingerprint density at radius 1 is 1.00 bits per heavy atom. The quantitative estimate of drug-likeness (QED) is 0.903. The van der Waals surface area contributed by atoms with Gasteiger partial charge in [0.1, 0.15) is 5.56 Å². The first-order valence-electron chi connectivity index (χ1n) is 10.8. The molecule has 1 saturated heterocycles. The minimum absolute atomic E-state index is 0.106. The van der Waals surface area contributed by atoms with Crippen molar-refractivity contribution in [2.24, 2.45) is 30.7 Å². The molecule has 142 valence electrons. The highest BCUT2D eigenvalue weighted by molar-refractivity contribution is 5.99. The summed E-state index contributed by atoms with van der Waals surface area (Å²) in [6.45, 7) is 2.05. The van der Waals surface area contributed by atoms with Gasteiger partial charge in [-0.3, -0.25) is 9.48 Å². The third-order valence-corrected chi connectivity index (χ3v) is 7.48. The van der Waals surface area contributed by atoms with Crippen molar-refractivity contribution in [1.82, 2.24) is 15.1 Å². The van der Waals surface area contributed by atoms with Crippen LogP contribution in [0.5, 0.6) is 0 Å². The Morgan fingerprint density at radius 2 is 1.62 bits per heavy atom. The van der Waals surface area contributed by atoms with Gasteiger partial charge in [0.05, 0.1) is 0 Å². The van der Waals surface area contributed by atoms with E-state index in [0.717, 1.165) is 36.3 Å². The second kappa shape index (κ2) is 6.58. The summed E-state index contributed by atoms with van der Waals surface area (Å²) in [5.74, 6) is 4.32. The standard InChI is InChI=1S/C21H32N4O/c1-24-13-18(20(23-24)25-6-4-2-3-5-7-25)21(26)22-19-16-9-14-8-15(11-16)12-17(19)10-14/h13-17,19H,2-12H2,1H3,(H,22,26). The van der Waals surface area contributed by atoms with E-state index in [1.165, 1.54) is 57.8 Å². The zero-order valence-corrected chi connectivity index (χ0v) is 16.0. The van der Waals surface area contributed by atoms with E-state index < -0.39 is 0 Å². The van der Waals surface area contributed by atoms with Crippen LogP contribution >= 0.6 is 0 Å². The van der Waals surface area contributed by atoms with Gasteiger partial charge in [-0.25, -0.2) is 0 Å². The number of hydrogen-bond donors (Lipinski definition) is 1. The molecule has 5 fully saturated rings. The summed E-state index contributed by atoms with van der Waals surface area (Å²) >= 11 is 0. The highest BCUT2D eigenvalue weighted by Crippen LogP contribution is 2.53. The second-order valence-corrected chi connectivity index (χ2v) is 9.37. The Labute approximate surface area is 156 Å². The van der Waals surface area contributed by atoms with E-state index in [0.29, 0.717) is 17.9 Å². The fraction of sp³-hybridized carbons (Fsp3) is 0.810. The Balaban J connectivity index is 1.34. The van der Waals surface area contributed by atoms with Crippen molar-refractivity contribution < 1.29 is 4.79 Å². The van der Waals surface area contributed by atoms with Crippen LogP contribution in [0.1, 0.15) is 68.1 Å². The van der Waals surface area contributed by atoms with Crippen molar-refractivity contribution in [2.75, 3.05) is 18.0 Å². The molecule has 0 spiro atoms. The molecular weight excluding hydrogens is 324 g/mol. The number of nitrogens with zero attached hydrogens (tertiary/aromatic N) is 3. The average Bonchev–Trinajstić information content (AvgIpc) is 2.82. The van der Waals surface area contributed by atoms with Gasteiger partial charge in [-0.1, -0.05) is 12.8 Å². The van der Waals surface area contributed by atoms with Gasteiger partial charge in [0.2, 0.25) is 0 Å². The van der Waals surface area contributed by atoms with Gasteiger partial charge in [0.15, 0.2) is 5.82 Å². The molecule has 4 aliphatic carbocycles. The fourth-order valence-electron chi connectivity index (χ4n) is 6.54. The first-order valence-corrected chi connectivity index (χ1v) is 10.8. The topological polar surface area (TPSA) is 50.2 Å². The van der Waals surface area contributed by atoms with Crippen molar-refractivity contribution in [3.63, 3.8) is 0 Å². The molecule has 0 atom stereocenters. The van der Waals surface area contributed by atoms with Gasteiger partial charge in [0.25, 0.3) is 5.91 Å². The van der Waals surface area contributed by atoms with E-state index in [1.54, 1.807) is 0 Å².